The summed E-state index contributed by atoms with van der Waals surface area (Å²) in [6, 6.07) is 1.10. The number of hydrogen-bond donors (Lipinski definition) is 0. The Kier molecular flexibility index (Phi) is 5.64. The highest BCUT2D eigenvalue weighted by atomic mass is 19.4. The Bertz CT molecular complexity index is 789. The zero-order valence-electron chi connectivity index (χ0n) is 16.4. The number of hydrogen-bond acceptors (Lipinski definition) is 4. The maximum Gasteiger partial charge on any atom is 0.416 e. The first kappa shape index (κ1) is 21.5. The molecule has 2 atom stereocenters. The Morgan fingerprint density at radius 2 is 1.69 bits per heavy atom. The van der Waals surface area contributed by atoms with Crippen molar-refractivity contribution in [2.75, 3.05) is 13.2 Å². The lowest BCUT2D eigenvalue weighted by atomic mass is 9.80. The first-order valence-corrected chi connectivity index (χ1v) is 9.37. The standard InChI is InChI=1S/C20H23F4NO4/c1-19(2,3)29-18(27)25-13-6-11(7-14(25)10-28-9-13)17(26)15-5-4-12(8-16(15)21)20(22,23)24/h4-5,8,11,13-14H,6-7,9-10H2,1-3H3. The lowest BCUT2D eigenvalue weighted by Gasteiger charge is -2.47. The van der Waals surface area contributed by atoms with Crippen LogP contribution in [0.3, 0.4) is 0 Å². The molecule has 3 rings (SSSR count). The Labute approximate surface area is 166 Å². The van der Waals surface area contributed by atoms with Crippen molar-refractivity contribution in [2.24, 2.45) is 5.92 Å². The molecule has 2 saturated heterocycles. The van der Waals surface area contributed by atoms with Gasteiger partial charge in [0.05, 0.1) is 36.4 Å². The van der Waals surface area contributed by atoms with Gasteiger partial charge in [-0.3, -0.25) is 9.69 Å². The van der Waals surface area contributed by atoms with Gasteiger partial charge in [-0.2, -0.15) is 13.2 Å². The molecule has 29 heavy (non-hydrogen) atoms. The lowest BCUT2D eigenvalue weighted by Crippen LogP contribution is -2.60. The second-order valence-corrected chi connectivity index (χ2v) is 8.46. The summed E-state index contributed by atoms with van der Waals surface area (Å²) >= 11 is 0. The number of amides is 1. The van der Waals surface area contributed by atoms with Gasteiger partial charge in [-0.25, -0.2) is 9.18 Å². The first-order chi connectivity index (χ1) is 13.4. The number of Topliss-reactive ketones (excluding diaryl/α,β-unsaturated/α-hetero) is 1. The molecular weight excluding hydrogens is 394 g/mol. The summed E-state index contributed by atoms with van der Waals surface area (Å²) in [5.41, 5.74) is -2.19. The van der Waals surface area contributed by atoms with Gasteiger partial charge in [-0.15, -0.1) is 0 Å². The third-order valence-corrected chi connectivity index (χ3v) is 5.06. The Morgan fingerprint density at radius 3 is 2.17 bits per heavy atom. The van der Waals surface area contributed by atoms with Crippen LogP contribution in [-0.4, -0.2) is 47.7 Å². The summed E-state index contributed by atoms with van der Waals surface area (Å²) in [7, 11) is 0. The van der Waals surface area contributed by atoms with Crippen LogP contribution in [0.25, 0.3) is 0 Å². The molecule has 0 radical (unpaired) electrons. The number of ether oxygens (including phenoxy) is 2. The molecule has 2 bridgehead atoms. The van der Waals surface area contributed by atoms with Crippen molar-refractivity contribution >= 4 is 11.9 Å². The SMILES string of the molecule is CC(C)(C)OC(=O)N1C2COCC1CC(C(=O)c1ccc(C(F)(F)F)cc1F)C2. The number of fused-ring (bicyclic) bond motifs is 2. The van der Waals surface area contributed by atoms with Crippen molar-refractivity contribution in [3.63, 3.8) is 0 Å². The van der Waals surface area contributed by atoms with E-state index < -0.39 is 53.0 Å². The third-order valence-electron chi connectivity index (χ3n) is 5.06. The molecule has 2 aliphatic heterocycles. The number of carbonyl (C=O) groups is 2. The van der Waals surface area contributed by atoms with Crippen LogP contribution in [0.2, 0.25) is 0 Å². The lowest BCUT2D eigenvalue weighted by molar-refractivity contribution is -0.137. The van der Waals surface area contributed by atoms with Crippen LogP contribution >= 0.6 is 0 Å². The maximum absolute atomic E-state index is 14.2. The summed E-state index contributed by atoms with van der Waals surface area (Å²) in [6.45, 7) is 5.69. The molecule has 0 saturated carbocycles. The molecule has 5 nitrogen and oxygen atoms in total. The fourth-order valence-electron chi connectivity index (χ4n) is 3.85. The van der Waals surface area contributed by atoms with E-state index in [4.69, 9.17) is 9.47 Å². The number of morpholine rings is 1. The zero-order valence-corrected chi connectivity index (χ0v) is 16.4. The second kappa shape index (κ2) is 7.59. The molecule has 0 N–H and O–H groups in total. The van der Waals surface area contributed by atoms with Crippen LogP contribution in [0.5, 0.6) is 0 Å². The topological polar surface area (TPSA) is 55.8 Å². The van der Waals surface area contributed by atoms with Gasteiger partial charge in [0, 0.05) is 5.92 Å². The number of carbonyl (C=O) groups excluding carboxylic acids is 2. The van der Waals surface area contributed by atoms with Crippen molar-refractivity contribution in [3.05, 3.63) is 35.1 Å². The first-order valence-electron chi connectivity index (χ1n) is 9.37. The third kappa shape index (κ3) is 4.71. The van der Waals surface area contributed by atoms with Crippen molar-refractivity contribution in [3.8, 4) is 0 Å². The average molecular weight is 417 g/mol. The van der Waals surface area contributed by atoms with E-state index >= 15 is 0 Å². The zero-order chi connectivity index (χ0) is 21.6. The minimum Gasteiger partial charge on any atom is -0.444 e. The molecule has 0 aliphatic carbocycles. The van der Waals surface area contributed by atoms with Gasteiger partial charge in [-0.1, -0.05) is 0 Å². The van der Waals surface area contributed by atoms with E-state index in [-0.39, 0.29) is 31.6 Å². The fraction of sp³-hybridized carbons (Fsp3) is 0.600. The average Bonchev–Trinajstić information content (AvgIpc) is 2.57. The largest absolute Gasteiger partial charge is 0.444 e. The molecule has 1 amide bonds. The highest BCUT2D eigenvalue weighted by molar-refractivity contribution is 5.98. The predicted octanol–water partition coefficient (Wildman–Crippen LogP) is 4.44. The van der Waals surface area contributed by atoms with Crippen molar-refractivity contribution < 1.29 is 36.6 Å². The van der Waals surface area contributed by atoms with Gasteiger partial charge < -0.3 is 9.47 Å². The Hall–Kier alpha value is -2.16. The van der Waals surface area contributed by atoms with Crippen LogP contribution in [0.1, 0.15) is 49.5 Å². The molecular formula is C20H23F4NO4. The Morgan fingerprint density at radius 1 is 1.10 bits per heavy atom. The van der Waals surface area contributed by atoms with Crippen molar-refractivity contribution in [1.29, 1.82) is 0 Å². The van der Waals surface area contributed by atoms with Gasteiger partial charge in [0.1, 0.15) is 11.4 Å². The van der Waals surface area contributed by atoms with Crippen LogP contribution < -0.4 is 0 Å². The molecule has 0 aromatic heterocycles. The van der Waals surface area contributed by atoms with Gasteiger partial charge in [-0.05, 0) is 51.8 Å². The number of rotatable bonds is 2. The summed E-state index contributed by atoms with van der Waals surface area (Å²) in [5, 5.41) is 0. The number of nitrogens with zero attached hydrogens (tertiary/aromatic N) is 1. The molecule has 2 aliphatic rings. The number of ketones is 1. The Balaban J connectivity index is 1.77. The molecule has 2 heterocycles. The van der Waals surface area contributed by atoms with E-state index in [9.17, 15) is 27.2 Å². The highest BCUT2D eigenvalue weighted by Gasteiger charge is 2.45. The summed E-state index contributed by atoms with van der Waals surface area (Å²) < 4.78 is 63.4. The van der Waals surface area contributed by atoms with E-state index in [1.807, 2.05) is 0 Å². The summed E-state index contributed by atoms with van der Waals surface area (Å²) in [6.07, 6.45) is -4.72. The van der Waals surface area contributed by atoms with Crippen LogP contribution in [0.15, 0.2) is 18.2 Å². The monoisotopic (exact) mass is 417 g/mol. The molecule has 0 spiro atoms. The van der Waals surface area contributed by atoms with Crippen LogP contribution in [-0.2, 0) is 15.7 Å². The smallest absolute Gasteiger partial charge is 0.416 e. The van der Waals surface area contributed by atoms with Crippen LogP contribution in [0, 0.1) is 11.7 Å². The number of benzene rings is 1. The van der Waals surface area contributed by atoms with E-state index in [1.54, 1.807) is 25.7 Å². The predicted molar refractivity (Wildman–Crippen MR) is 94.9 cm³/mol. The van der Waals surface area contributed by atoms with Crippen LogP contribution in [0.4, 0.5) is 22.4 Å². The highest BCUT2D eigenvalue weighted by Crippen LogP contribution is 2.36. The number of halogens is 4. The van der Waals surface area contributed by atoms with Gasteiger partial charge >= 0.3 is 12.3 Å². The molecule has 1 aromatic carbocycles. The molecule has 9 heteroatoms. The minimum atomic E-state index is -4.68. The normalized spacial score (nSPS) is 24.9. The van der Waals surface area contributed by atoms with E-state index in [2.05, 4.69) is 0 Å². The minimum absolute atomic E-state index is 0.217. The molecule has 1 aromatic rings. The second-order valence-electron chi connectivity index (χ2n) is 8.46. The number of piperidine rings is 1. The van der Waals surface area contributed by atoms with Crippen molar-refractivity contribution in [1.82, 2.24) is 4.90 Å². The van der Waals surface area contributed by atoms with E-state index in [0.717, 1.165) is 6.07 Å². The maximum atomic E-state index is 14.2. The molecule has 2 fully saturated rings. The quantitative estimate of drug-likeness (QED) is 0.527. The molecule has 160 valence electrons. The molecule has 2 unspecified atom stereocenters. The van der Waals surface area contributed by atoms with Gasteiger partial charge in [0.25, 0.3) is 0 Å². The number of alkyl halides is 3. The summed E-state index contributed by atoms with van der Waals surface area (Å²) in [4.78, 5) is 26.9. The van der Waals surface area contributed by atoms with E-state index in [1.165, 1.54) is 0 Å². The van der Waals surface area contributed by atoms with Gasteiger partial charge in [0.15, 0.2) is 5.78 Å². The summed E-state index contributed by atoms with van der Waals surface area (Å²) in [5.74, 6) is -2.36. The van der Waals surface area contributed by atoms with Gasteiger partial charge in [0.2, 0.25) is 0 Å². The van der Waals surface area contributed by atoms with Crippen molar-refractivity contribution in [2.45, 2.75) is 57.5 Å². The van der Waals surface area contributed by atoms with E-state index in [0.29, 0.717) is 12.1 Å². The fourth-order valence-corrected chi connectivity index (χ4v) is 3.85.